The molecule has 1 fully saturated rings. The Kier molecular flexibility index (Phi) is 2.33. The van der Waals surface area contributed by atoms with Gasteiger partial charge in [-0.25, -0.2) is 4.39 Å². The van der Waals surface area contributed by atoms with E-state index in [4.69, 9.17) is 12.2 Å². The third kappa shape index (κ3) is 1.36. The zero-order valence-electron chi connectivity index (χ0n) is 8.59. The van der Waals surface area contributed by atoms with E-state index in [1.807, 2.05) is 18.2 Å². The molecule has 1 saturated carbocycles. The minimum absolute atomic E-state index is 0.0613. The van der Waals surface area contributed by atoms with Crippen LogP contribution in [0.1, 0.15) is 30.7 Å². The fourth-order valence-corrected chi connectivity index (χ4v) is 3.54. The lowest BCUT2D eigenvalue weighted by Crippen LogP contribution is -2.43. The zero-order valence-corrected chi connectivity index (χ0v) is 11.0. The second-order valence-corrected chi connectivity index (χ2v) is 5.82. The van der Waals surface area contributed by atoms with Crippen molar-refractivity contribution in [3.8, 4) is 0 Å². The number of alkyl halides is 1. The lowest BCUT2D eigenvalue weighted by molar-refractivity contribution is 0.237. The molecule has 0 radical (unpaired) electrons. The van der Waals surface area contributed by atoms with Crippen molar-refractivity contribution in [2.45, 2.75) is 30.8 Å². The minimum atomic E-state index is -1.32. The summed E-state index contributed by atoms with van der Waals surface area (Å²) in [6.07, 6.45) is 2.35. The molecular weight excluding hydrogens is 289 g/mol. The zero-order chi connectivity index (χ0) is 11.3. The first-order chi connectivity index (χ1) is 7.61. The average molecular weight is 300 g/mol. The van der Waals surface area contributed by atoms with Crippen molar-refractivity contribution in [2.75, 3.05) is 5.32 Å². The molecule has 1 aromatic carbocycles. The highest BCUT2D eigenvalue weighted by atomic mass is 79.9. The molecule has 1 aliphatic heterocycles. The summed E-state index contributed by atoms with van der Waals surface area (Å²) >= 11 is 8.61. The summed E-state index contributed by atoms with van der Waals surface area (Å²) in [5, 5.41) is 3.03. The van der Waals surface area contributed by atoms with Gasteiger partial charge in [0, 0.05) is 16.1 Å². The van der Waals surface area contributed by atoms with Gasteiger partial charge in [-0.05, 0) is 43.0 Å². The van der Waals surface area contributed by atoms with E-state index in [9.17, 15) is 4.39 Å². The number of hydrogen-bond acceptors (Lipinski definition) is 1. The van der Waals surface area contributed by atoms with Gasteiger partial charge in [-0.2, -0.15) is 0 Å². The molecular formula is C12H11BrFNS. The van der Waals surface area contributed by atoms with Gasteiger partial charge in [0.25, 0.3) is 0 Å². The predicted molar refractivity (Wildman–Crippen MR) is 70.8 cm³/mol. The molecule has 1 aromatic rings. The second-order valence-electron chi connectivity index (χ2n) is 4.49. The molecule has 1 aliphatic carbocycles. The van der Waals surface area contributed by atoms with E-state index in [2.05, 4.69) is 21.2 Å². The van der Waals surface area contributed by atoms with E-state index in [0.29, 0.717) is 11.4 Å². The standard InChI is InChI=1S/C12H11BrFNS/c13-7-3-4-10-8(6-7)9-2-1-5-12(9,14)11(16)15-10/h3-4,6,9H,1-2,5H2,(H,15,16). The number of fused-ring (bicyclic) bond motifs is 3. The molecule has 2 unspecified atom stereocenters. The third-order valence-corrected chi connectivity index (χ3v) is 4.54. The van der Waals surface area contributed by atoms with Crippen molar-refractivity contribution < 1.29 is 4.39 Å². The number of thiocarbonyl (C=S) groups is 1. The largest absolute Gasteiger partial charge is 0.347 e. The quantitative estimate of drug-likeness (QED) is 0.721. The average Bonchev–Trinajstić information content (AvgIpc) is 2.64. The Morgan fingerprint density at radius 3 is 3.12 bits per heavy atom. The minimum Gasteiger partial charge on any atom is -0.347 e. The molecule has 1 heterocycles. The molecule has 2 atom stereocenters. The van der Waals surface area contributed by atoms with E-state index in [0.717, 1.165) is 28.6 Å². The van der Waals surface area contributed by atoms with Crippen LogP contribution in [0.4, 0.5) is 10.1 Å². The Bertz CT molecular complexity index is 476. The molecule has 3 rings (SSSR count). The van der Waals surface area contributed by atoms with Crippen molar-refractivity contribution in [3.05, 3.63) is 28.2 Å². The van der Waals surface area contributed by atoms with E-state index >= 15 is 0 Å². The maximum absolute atomic E-state index is 14.7. The van der Waals surface area contributed by atoms with Gasteiger partial charge in [0.05, 0.1) is 0 Å². The fraction of sp³-hybridized carbons (Fsp3) is 0.417. The van der Waals surface area contributed by atoms with Crippen LogP contribution in [0.5, 0.6) is 0 Å². The van der Waals surface area contributed by atoms with Gasteiger partial charge >= 0.3 is 0 Å². The van der Waals surface area contributed by atoms with Crippen molar-refractivity contribution in [1.82, 2.24) is 0 Å². The van der Waals surface area contributed by atoms with E-state index in [1.165, 1.54) is 0 Å². The van der Waals surface area contributed by atoms with Crippen LogP contribution in [0, 0.1) is 0 Å². The molecule has 16 heavy (non-hydrogen) atoms. The van der Waals surface area contributed by atoms with Crippen LogP contribution in [-0.4, -0.2) is 10.7 Å². The molecule has 0 bridgehead atoms. The van der Waals surface area contributed by atoms with Crippen molar-refractivity contribution in [1.29, 1.82) is 0 Å². The molecule has 1 N–H and O–H groups in total. The lowest BCUT2D eigenvalue weighted by atomic mass is 9.82. The summed E-state index contributed by atoms with van der Waals surface area (Å²) in [7, 11) is 0. The Morgan fingerprint density at radius 1 is 1.50 bits per heavy atom. The third-order valence-electron chi connectivity index (χ3n) is 3.60. The lowest BCUT2D eigenvalue weighted by Gasteiger charge is -2.35. The molecule has 4 heteroatoms. The Morgan fingerprint density at radius 2 is 2.31 bits per heavy atom. The Hall–Kier alpha value is -0.480. The van der Waals surface area contributed by atoms with Crippen LogP contribution in [0.3, 0.4) is 0 Å². The highest BCUT2D eigenvalue weighted by Gasteiger charge is 2.51. The van der Waals surface area contributed by atoms with Gasteiger partial charge in [-0.15, -0.1) is 0 Å². The highest BCUT2D eigenvalue weighted by Crippen LogP contribution is 2.51. The smallest absolute Gasteiger partial charge is 0.167 e. The number of halogens is 2. The molecule has 84 valence electrons. The van der Waals surface area contributed by atoms with Crippen LogP contribution in [-0.2, 0) is 0 Å². The Labute approximate surface area is 108 Å². The summed E-state index contributed by atoms with van der Waals surface area (Å²) in [5.74, 6) is -0.0613. The summed E-state index contributed by atoms with van der Waals surface area (Å²) in [6.45, 7) is 0. The first-order valence-electron chi connectivity index (χ1n) is 5.41. The number of anilines is 1. The summed E-state index contributed by atoms with van der Waals surface area (Å²) < 4.78 is 15.7. The normalized spacial score (nSPS) is 31.9. The molecule has 0 amide bonds. The monoisotopic (exact) mass is 299 g/mol. The predicted octanol–water partition coefficient (Wildman–Crippen LogP) is 4.18. The molecule has 1 nitrogen and oxygen atoms in total. The van der Waals surface area contributed by atoms with Crippen LogP contribution in [0.15, 0.2) is 22.7 Å². The molecule has 2 aliphatic rings. The van der Waals surface area contributed by atoms with Gasteiger partial charge in [0.15, 0.2) is 5.67 Å². The molecule has 0 spiro atoms. The van der Waals surface area contributed by atoms with Crippen molar-refractivity contribution in [3.63, 3.8) is 0 Å². The van der Waals surface area contributed by atoms with Crippen LogP contribution in [0.2, 0.25) is 0 Å². The summed E-state index contributed by atoms with van der Waals surface area (Å²) in [4.78, 5) is 0.366. The van der Waals surface area contributed by atoms with Gasteiger partial charge in [0.1, 0.15) is 4.99 Å². The highest BCUT2D eigenvalue weighted by molar-refractivity contribution is 9.10. The van der Waals surface area contributed by atoms with Crippen molar-refractivity contribution >= 4 is 38.8 Å². The first-order valence-corrected chi connectivity index (χ1v) is 6.61. The topological polar surface area (TPSA) is 12.0 Å². The SMILES string of the molecule is FC12CCCC1c1cc(Br)ccc1NC2=S. The first kappa shape index (κ1) is 10.7. The van der Waals surface area contributed by atoms with Gasteiger partial charge in [-0.3, -0.25) is 0 Å². The van der Waals surface area contributed by atoms with Gasteiger partial charge in [0.2, 0.25) is 0 Å². The number of hydrogen-bond donors (Lipinski definition) is 1. The summed E-state index contributed by atoms with van der Waals surface area (Å²) in [5.41, 5.74) is 0.708. The number of rotatable bonds is 0. The summed E-state index contributed by atoms with van der Waals surface area (Å²) in [6, 6.07) is 5.92. The maximum Gasteiger partial charge on any atom is 0.167 e. The van der Waals surface area contributed by atoms with Gasteiger partial charge in [-0.1, -0.05) is 28.1 Å². The second kappa shape index (κ2) is 3.50. The van der Waals surface area contributed by atoms with Crippen LogP contribution >= 0.6 is 28.1 Å². The fourth-order valence-electron chi connectivity index (χ4n) is 2.80. The number of nitrogens with one attached hydrogen (secondary N) is 1. The van der Waals surface area contributed by atoms with Gasteiger partial charge < -0.3 is 5.32 Å². The number of benzene rings is 1. The van der Waals surface area contributed by atoms with Crippen molar-refractivity contribution in [2.24, 2.45) is 0 Å². The molecule has 0 aromatic heterocycles. The van der Waals surface area contributed by atoms with E-state index in [-0.39, 0.29) is 5.92 Å². The molecule has 0 saturated heterocycles. The van der Waals surface area contributed by atoms with E-state index < -0.39 is 5.67 Å². The maximum atomic E-state index is 14.7. The van der Waals surface area contributed by atoms with Crippen LogP contribution in [0.25, 0.3) is 0 Å². The van der Waals surface area contributed by atoms with Crippen LogP contribution < -0.4 is 5.32 Å². The van der Waals surface area contributed by atoms with E-state index in [1.54, 1.807) is 0 Å². The Balaban J connectivity index is 2.17.